The Morgan fingerprint density at radius 1 is 1.17 bits per heavy atom. The molecule has 1 unspecified atom stereocenters. The van der Waals surface area contributed by atoms with E-state index in [2.05, 4.69) is 55.8 Å². The number of ether oxygens (including phenoxy) is 1. The van der Waals surface area contributed by atoms with Gasteiger partial charge in [-0.15, -0.1) is 11.3 Å². The highest BCUT2D eigenvalue weighted by Crippen LogP contribution is 2.35. The molecule has 0 spiro atoms. The molecule has 0 bridgehead atoms. The van der Waals surface area contributed by atoms with Gasteiger partial charge in [-0.05, 0) is 48.4 Å². The molecule has 1 aliphatic heterocycles. The van der Waals surface area contributed by atoms with Crippen LogP contribution >= 0.6 is 11.3 Å². The van der Waals surface area contributed by atoms with Crippen LogP contribution in [0.1, 0.15) is 35.9 Å². The number of aromatic nitrogens is 3. The van der Waals surface area contributed by atoms with Gasteiger partial charge >= 0.3 is 0 Å². The largest absolute Gasteiger partial charge is 0.497 e. The second kappa shape index (κ2) is 7.97. The standard InChI is InChI=1S/C23H24N4OS/c1-28-20-8-7-16-12-18(6-5-17(16)13-20)22-19(14-25-26-22)15-27-10-3-2-4-21(27)23-24-9-11-29-23/h5-9,11-14,21H,2-4,10,15H2,1H3,(H,25,26). The van der Waals surface area contributed by atoms with Gasteiger partial charge in [0.05, 0.1) is 25.0 Å². The van der Waals surface area contributed by atoms with Crippen molar-refractivity contribution in [2.45, 2.75) is 31.8 Å². The minimum absolute atomic E-state index is 0.413. The highest BCUT2D eigenvalue weighted by molar-refractivity contribution is 7.09. The Hall–Kier alpha value is -2.70. The van der Waals surface area contributed by atoms with Crippen LogP contribution in [-0.2, 0) is 6.54 Å². The first-order valence-corrected chi connectivity index (χ1v) is 10.9. The second-order valence-corrected chi connectivity index (χ2v) is 8.48. The van der Waals surface area contributed by atoms with Crippen molar-refractivity contribution in [1.29, 1.82) is 0 Å². The summed E-state index contributed by atoms with van der Waals surface area (Å²) in [7, 11) is 1.70. The minimum atomic E-state index is 0.413. The summed E-state index contributed by atoms with van der Waals surface area (Å²) in [4.78, 5) is 7.15. The van der Waals surface area contributed by atoms with E-state index in [9.17, 15) is 0 Å². The van der Waals surface area contributed by atoms with E-state index in [0.29, 0.717) is 6.04 Å². The van der Waals surface area contributed by atoms with Gasteiger partial charge in [0.2, 0.25) is 0 Å². The molecule has 3 heterocycles. The highest BCUT2D eigenvalue weighted by Gasteiger charge is 2.27. The molecule has 2 aromatic heterocycles. The van der Waals surface area contributed by atoms with E-state index >= 15 is 0 Å². The lowest BCUT2D eigenvalue weighted by molar-refractivity contribution is 0.140. The summed E-state index contributed by atoms with van der Waals surface area (Å²) in [5, 5.41) is 13.3. The summed E-state index contributed by atoms with van der Waals surface area (Å²) in [6.07, 6.45) is 7.58. The number of rotatable bonds is 5. The molecule has 148 valence electrons. The van der Waals surface area contributed by atoms with Crippen LogP contribution in [0, 0.1) is 0 Å². The first kappa shape index (κ1) is 18.3. The number of methoxy groups -OCH3 is 1. The number of thiazole rings is 1. The van der Waals surface area contributed by atoms with Gasteiger partial charge in [0.1, 0.15) is 10.8 Å². The first-order valence-electron chi connectivity index (χ1n) is 10.1. The maximum absolute atomic E-state index is 5.34. The normalized spacial score (nSPS) is 17.6. The van der Waals surface area contributed by atoms with Gasteiger partial charge in [0.25, 0.3) is 0 Å². The zero-order chi connectivity index (χ0) is 19.6. The van der Waals surface area contributed by atoms with Crippen molar-refractivity contribution in [3.05, 3.63) is 64.7 Å². The molecule has 0 aliphatic carbocycles. The molecule has 5 nitrogen and oxygen atoms in total. The SMILES string of the molecule is COc1ccc2cc(-c3[nH]ncc3CN3CCCCC3c3nccs3)ccc2c1. The predicted octanol–water partition coefficient (Wildman–Crippen LogP) is 5.42. The number of hydrogen-bond donors (Lipinski definition) is 1. The second-order valence-electron chi connectivity index (χ2n) is 7.55. The number of likely N-dealkylation sites (tertiary alicyclic amines) is 1. The molecule has 29 heavy (non-hydrogen) atoms. The topological polar surface area (TPSA) is 54.0 Å². The van der Waals surface area contributed by atoms with Crippen LogP contribution in [-0.4, -0.2) is 33.7 Å². The lowest BCUT2D eigenvalue weighted by Gasteiger charge is -2.34. The smallest absolute Gasteiger partial charge is 0.119 e. The molecule has 1 saturated heterocycles. The van der Waals surface area contributed by atoms with E-state index in [1.807, 2.05) is 18.5 Å². The number of nitrogens with zero attached hydrogens (tertiary/aromatic N) is 3. The number of H-pyrrole nitrogens is 1. The van der Waals surface area contributed by atoms with Crippen LogP contribution in [0.15, 0.2) is 54.2 Å². The molecule has 1 N–H and O–H groups in total. The third-order valence-corrected chi connectivity index (χ3v) is 6.65. The number of aromatic amines is 1. The molecule has 1 fully saturated rings. The zero-order valence-electron chi connectivity index (χ0n) is 16.5. The molecule has 1 aliphatic rings. The molecule has 5 rings (SSSR count). The molecular weight excluding hydrogens is 380 g/mol. The molecular formula is C23H24N4OS. The predicted molar refractivity (Wildman–Crippen MR) is 117 cm³/mol. The molecule has 0 radical (unpaired) electrons. The molecule has 0 amide bonds. The van der Waals surface area contributed by atoms with Crippen molar-refractivity contribution in [2.75, 3.05) is 13.7 Å². The fraction of sp³-hybridized carbons (Fsp3) is 0.304. The van der Waals surface area contributed by atoms with Crippen LogP contribution in [0.25, 0.3) is 22.0 Å². The lowest BCUT2D eigenvalue weighted by atomic mass is 9.99. The summed E-state index contributed by atoms with van der Waals surface area (Å²) < 4.78 is 5.34. The fourth-order valence-electron chi connectivity index (χ4n) is 4.26. The van der Waals surface area contributed by atoms with Crippen molar-refractivity contribution >= 4 is 22.1 Å². The van der Waals surface area contributed by atoms with Crippen molar-refractivity contribution in [2.24, 2.45) is 0 Å². The summed E-state index contributed by atoms with van der Waals surface area (Å²) in [5.41, 5.74) is 3.51. The number of fused-ring (bicyclic) bond motifs is 1. The van der Waals surface area contributed by atoms with Gasteiger partial charge in [-0.3, -0.25) is 10.00 Å². The Morgan fingerprint density at radius 3 is 2.93 bits per heavy atom. The third kappa shape index (κ3) is 3.66. The van der Waals surface area contributed by atoms with Crippen LogP contribution in [0.3, 0.4) is 0 Å². The average molecular weight is 405 g/mol. The maximum atomic E-state index is 5.34. The summed E-state index contributed by atoms with van der Waals surface area (Å²) in [5.74, 6) is 0.880. The van der Waals surface area contributed by atoms with Crippen molar-refractivity contribution in [3.8, 4) is 17.0 Å². The van der Waals surface area contributed by atoms with E-state index in [-0.39, 0.29) is 0 Å². The Balaban J connectivity index is 1.44. The molecule has 1 atom stereocenters. The molecule has 4 aromatic rings. The van der Waals surface area contributed by atoms with Gasteiger partial charge in [0, 0.05) is 29.2 Å². The summed E-state index contributed by atoms with van der Waals surface area (Å²) >= 11 is 1.76. The number of piperidine rings is 1. The van der Waals surface area contributed by atoms with Gasteiger partial charge in [-0.25, -0.2) is 4.98 Å². The van der Waals surface area contributed by atoms with Crippen LogP contribution < -0.4 is 4.74 Å². The molecule has 2 aromatic carbocycles. The third-order valence-electron chi connectivity index (χ3n) is 5.78. The van der Waals surface area contributed by atoms with Crippen LogP contribution in [0.2, 0.25) is 0 Å². The zero-order valence-corrected chi connectivity index (χ0v) is 17.3. The first-order chi connectivity index (χ1) is 14.3. The van der Waals surface area contributed by atoms with Gasteiger partial charge in [-0.2, -0.15) is 5.10 Å². The Morgan fingerprint density at radius 2 is 2.07 bits per heavy atom. The number of benzene rings is 2. The highest BCUT2D eigenvalue weighted by atomic mass is 32.1. The number of nitrogens with one attached hydrogen (secondary N) is 1. The van der Waals surface area contributed by atoms with Crippen molar-refractivity contribution < 1.29 is 4.74 Å². The number of hydrogen-bond acceptors (Lipinski definition) is 5. The van der Waals surface area contributed by atoms with Gasteiger partial charge in [0.15, 0.2) is 0 Å². The summed E-state index contributed by atoms with van der Waals surface area (Å²) in [6.45, 7) is 1.99. The Bertz CT molecular complexity index is 1110. The fourth-order valence-corrected chi connectivity index (χ4v) is 5.07. The lowest BCUT2D eigenvalue weighted by Crippen LogP contribution is -2.32. The van der Waals surface area contributed by atoms with Crippen LogP contribution in [0.4, 0.5) is 0 Å². The monoisotopic (exact) mass is 404 g/mol. The minimum Gasteiger partial charge on any atom is -0.497 e. The van der Waals surface area contributed by atoms with E-state index in [4.69, 9.17) is 4.74 Å². The maximum Gasteiger partial charge on any atom is 0.119 e. The Kier molecular flexibility index (Phi) is 5.04. The van der Waals surface area contributed by atoms with E-state index in [0.717, 1.165) is 30.1 Å². The van der Waals surface area contributed by atoms with Crippen molar-refractivity contribution in [3.63, 3.8) is 0 Å². The molecule has 0 saturated carbocycles. The summed E-state index contributed by atoms with van der Waals surface area (Å²) in [6, 6.07) is 13.1. The average Bonchev–Trinajstić information content (AvgIpc) is 3.46. The van der Waals surface area contributed by atoms with E-state index in [1.54, 1.807) is 18.4 Å². The quantitative estimate of drug-likeness (QED) is 0.482. The Labute approximate surface area is 174 Å². The van der Waals surface area contributed by atoms with Gasteiger partial charge < -0.3 is 4.74 Å². The van der Waals surface area contributed by atoms with Crippen LogP contribution in [0.5, 0.6) is 5.75 Å². The molecule has 6 heteroatoms. The van der Waals surface area contributed by atoms with Gasteiger partial charge in [-0.1, -0.05) is 24.6 Å². The van der Waals surface area contributed by atoms with E-state index in [1.165, 1.54) is 40.6 Å². The van der Waals surface area contributed by atoms with E-state index < -0.39 is 0 Å². The van der Waals surface area contributed by atoms with Crippen molar-refractivity contribution in [1.82, 2.24) is 20.1 Å².